The highest BCUT2D eigenvalue weighted by molar-refractivity contribution is 5.80. The Morgan fingerprint density at radius 3 is 2.09 bits per heavy atom. The van der Waals surface area contributed by atoms with Crippen molar-refractivity contribution in [1.29, 1.82) is 0 Å². The van der Waals surface area contributed by atoms with E-state index >= 15 is 0 Å². The second kappa shape index (κ2) is 11.1. The van der Waals surface area contributed by atoms with Crippen LogP contribution in [0, 0.1) is 16.2 Å². The van der Waals surface area contributed by atoms with Crippen LogP contribution in [-0.2, 0) is 0 Å². The van der Waals surface area contributed by atoms with Crippen molar-refractivity contribution >= 4 is 11.0 Å². The van der Waals surface area contributed by atoms with Gasteiger partial charge in [0.2, 0.25) is 5.36 Å². The number of rotatable bonds is 4. The van der Waals surface area contributed by atoms with Crippen molar-refractivity contribution in [2.24, 2.45) is 5.92 Å². The molecule has 9 nitrogen and oxygen atoms in total. The average Bonchev–Trinajstić information content (AvgIpc) is 2.82. The van der Waals surface area contributed by atoms with Crippen molar-refractivity contribution in [1.82, 2.24) is 4.58 Å². The number of piperidine rings is 1. The molecule has 1 fully saturated rings. The molecule has 0 bridgehead atoms. The van der Waals surface area contributed by atoms with Crippen LogP contribution in [0.15, 0.2) is 46.9 Å². The van der Waals surface area contributed by atoms with Crippen LogP contribution in [0.2, 0.25) is 0 Å². The van der Waals surface area contributed by atoms with Gasteiger partial charge in [-0.05, 0) is 42.3 Å². The third-order valence-electron chi connectivity index (χ3n) is 5.74. The normalized spacial score (nSPS) is 16.0. The number of methoxy groups -OCH3 is 3. The summed E-state index contributed by atoms with van der Waals surface area (Å²) in [5.41, 5.74) is 1.79. The predicted molar refractivity (Wildman–Crippen MR) is 115 cm³/mol. The molecule has 0 saturated carbocycles. The lowest BCUT2D eigenvalue weighted by Crippen LogP contribution is -2.68. The second-order valence-electron chi connectivity index (χ2n) is 7.98. The first-order valence-corrected chi connectivity index (χ1v) is 11.9. The number of hydrogen-bond donors (Lipinski definition) is 0. The fraction of sp³-hybridized carbons (Fsp3) is 0.375. The van der Waals surface area contributed by atoms with E-state index in [-0.39, 0.29) is 0 Å². The summed E-state index contributed by atoms with van der Waals surface area (Å²) in [6.07, 6.45) is 2.40. The molecule has 2 heterocycles. The second-order valence-corrected chi connectivity index (χ2v) is 8.73. The Labute approximate surface area is 199 Å². The van der Waals surface area contributed by atoms with E-state index in [0.29, 0.717) is 11.5 Å². The van der Waals surface area contributed by atoms with Gasteiger partial charge in [0.25, 0.3) is 0 Å². The molecule has 184 valence electrons. The van der Waals surface area contributed by atoms with Crippen molar-refractivity contribution < 1.29 is 47.5 Å². The van der Waals surface area contributed by atoms with E-state index in [1.54, 1.807) is 21.3 Å². The van der Waals surface area contributed by atoms with Crippen LogP contribution >= 0.6 is 0 Å². The summed E-state index contributed by atoms with van der Waals surface area (Å²) in [5.74, 6) is 3.79. The van der Waals surface area contributed by atoms with Crippen LogP contribution in [0.3, 0.4) is 0 Å². The van der Waals surface area contributed by atoms with E-state index in [2.05, 4.69) is 23.6 Å². The zero-order valence-electron chi connectivity index (χ0n) is 19.5. The zero-order chi connectivity index (χ0) is 24.9. The fourth-order valence-corrected chi connectivity index (χ4v) is 3.92. The van der Waals surface area contributed by atoms with Gasteiger partial charge in [0.15, 0.2) is 11.5 Å². The van der Waals surface area contributed by atoms with Gasteiger partial charge in [-0.15, -0.1) is 10.2 Å². The van der Waals surface area contributed by atoms with Crippen LogP contribution in [0.25, 0.3) is 22.3 Å². The van der Waals surface area contributed by atoms with Crippen LogP contribution in [0.1, 0.15) is 19.8 Å². The molecule has 0 aliphatic carbocycles. The zero-order valence-corrected chi connectivity index (χ0v) is 20.3. The van der Waals surface area contributed by atoms with Gasteiger partial charge in [-0.25, -0.2) is 23.2 Å². The van der Waals surface area contributed by atoms with Crippen molar-refractivity contribution in [3.05, 3.63) is 47.8 Å². The van der Waals surface area contributed by atoms with Gasteiger partial charge >= 0.3 is 0 Å². The van der Waals surface area contributed by atoms with E-state index < -0.39 is 10.2 Å². The molecular weight excluding hydrogens is 466 g/mol. The monoisotopic (exact) mass is 493 g/mol. The number of benzene rings is 2. The average molecular weight is 494 g/mol. The topological polar surface area (TPSA) is 136 Å². The first-order valence-electron chi connectivity index (χ1n) is 10.7. The summed E-state index contributed by atoms with van der Waals surface area (Å²) >= 11 is 0. The Hall–Kier alpha value is -2.82. The summed E-state index contributed by atoms with van der Waals surface area (Å²) in [5, 5.41) is 2.25. The molecule has 2 aromatic carbocycles. The summed E-state index contributed by atoms with van der Waals surface area (Å²) in [4.78, 5) is 0. The SMILES string of the molecule is COc1ccc2oc(-c3ccc(OC)c(OC)c3)cc(=[N+]3CCC(C)CC3)c2c1.[O-][Cl+3]([O-])([O-])[O-]. The molecular formula is C24H28ClNO8. The maximum atomic E-state index is 8.49. The van der Waals surface area contributed by atoms with Crippen molar-refractivity contribution in [2.75, 3.05) is 34.4 Å². The maximum absolute atomic E-state index is 8.49. The lowest BCUT2D eigenvalue weighted by atomic mass is 10.00. The summed E-state index contributed by atoms with van der Waals surface area (Å²) in [7, 11) is 0.0328. The van der Waals surface area contributed by atoms with Gasteiger partial charge in [0.05, 0.1) is 32.8 Å². The van der Waals surface area contributed by atoms with E-state index in [4.69, 9.17) is 37.3 Å². The molecule has 0 spiro atoms. The van der Waals surface area contributed by atoms with Crippen LogP contribution in [0.4, 0.5) is 0 Å². The molecule has 10 heteroatoms. The summed E-state index contributed by atoms with van der Waals surface area (Å²) < 4.78 is 59.0. The largest absolute Gasteiger partial charge is 0.497 e. The fourth-order valence-electron chi connectivity index (χ4n) is 3.92. The predicted octanol–water partition coefficient (Wildman–Crippen LogP) is -0.428. The molecule has 0 atom stereocenters. The molecule has 1 aliphatic rings. The summed E-state index contributed by atoms with van der Waals surface area (Å²) in [6, 6.07) is 14.0. The van der Waals surface area contributed by atoms with Gasteiger partial charge < -0.3 is 18.6 Å². The minimum Gasteiger partial charge on any atom is -0.497 e. The molecule has 1 saturated heterocycles. The minimum absolute atomic E-state index is 0.684. The van der Waals surface area contributed by atoms with Crippen molar-refractivity contribution in [3.63, 3.8) is 0 Å². The highest BCUT2D eigenvalue weighted by atomic mass is 35.7. The minimum atomic E-state index is -4.94. The number of nitrogens with zero attached hydrogens (tertiary/aromatic N) is 1. The Kier molecular flexibility index (Phi) is 8.40. The highest BCUT2D eigenvalue weighted by Gasteiger charge is 2.21. The lowest BCUT2D eigenvalue weighted by molar-refractivity contribution is -2.00. The van der Waals surface area contributed by atoms with E-state index in [1.807, 2.05) is 30.3 Å². The van der Waals surface area contributed by atoms with Crippen molar-refractivity contribution in [2.45, 2.75) is 19.8 Å². The molecule has 0 N–H and O–H groups in total. The first-order chi connectivity index (χ1) is 16.1. The molecule has 0 unspecified atom stereocenters. The van der Waals surface area contributed by atoms with E-state index in [0.717, 1.165) is 47.0 Å². The standard InChI is InChI=1S/C24H28NO4.ClHO4/c1-16-9-11-25(12-10-16)20-15-23(17-5-7-22(27-3)24(13-17)28-4)29-21-8-6-18(26-2)14-19(20)21;2-1(3,4)5/h5-8,13-16H,9-12H2,1-4H3;(H,2,3,4,5)/q+1;/p-1. The smallest absolute Gasteiger partial charge is 0.214 e. The molecule has 0 radical (unpaired) electrons. The van der Waals surface area contributed by atoms with Gasteiger partial charge in [-0.2, -0.15) is 0 Å². The quantitative estimate of drug-likeness (QED) is 0.447. The molecule has 1 aliphatic heterocycles. The first kappa shape index (κ1) is 25.8. The Morgan fingerprint density at radius 1 is 0.853 bits per heavy atom. The number of halogens is 1. The van der Waals surface area contributed by atoms with Crippen LogP contribution < -0.4 is 42.8 Å². The lowest BCUT2D eigenvalue weighted by Gasteiger charge is -2.17. The maximum Gasteiger partial charge on any atom is 0.214 e. The van der Waals surface area contributed by atoms with Crippen LogP contribution in [0.5, 0.6) is 17.2 Å². The van der Waals surface area contributed by atoms with Gasteiger partial charge in [0.1, 0.15) is 30.2 Å². The van der Waals surface area contributed by atoms with Gasteiger partial charge in [-0.1, -0.05) is 6.92 Å². The van der Waals surface area contributed by atoms with E-state index in [9.17, 15) is 0 Å². The Balaban J connectivity index is 0.000000588. The van der Waals surface area contributed by atoms with E-state index in [1.165, 1.54) is 18.2 Å². The molecule has 3 aromatic rings. The Morgan fingerprint density at radius 2 is 1.50 bits per heavy atom. The Bertz CT molecular complexity index is 1190. The van der Waals surface area contributed by atoms with Gasteiger partial charge in [0, 0.05) is 18.4 Å². The number of hydrogen-bond acceptors (Lipinski definition) is 8. The molecule has 1 aromatic heterocycles. The van der Waals surface area contributed by atoms with Crippen LogP contribution in [-0.4, -0.2) is 34.4 Å². The molecule has 0 amide bonds. The summed E-state index contributed by atoms with van der Waals surface area (Å²) in [6.45, 7) is 4.42. The number of ether oxygens (including phenoxy) is 3. The highest BCUT2D eigenvalue weighted by Crippen LogP contribution is 2.33. The van der Waals surface area contributed by atoms with Gasteiger partial charge in [-0.3, -0.25) is 0 Å². The number of fused-ring (bicyclic) bond motifs is 1. The third-order valence-corrected chi connectivity index (χ3v) is 5.74. The molecule has 34 heavy (non-hydrogen) atoms. The van der Waals surface area contributed by atoms with Crippen molar-refractivity contribution in [3.8, 4) is 28.6 Å². The third kappa shape index (κ3) is 6.62. The molecule has 4 rings (SSSR count).